The van der Waals surface area contributed by atoms with Crippen LogP contribution in [0.3, 0.4) is 0 Å². The van der Waals surface area contributed by atoms with Crippen LogP contribution in [0.15, 0.2) is 47.2 Å². The average molecular weight is 278 g/mol. The zero-order valence-electron chi connectivity index (χ0n) is 8.98. The van der Waals surface area contributed by atoms with Crippen LogP contribution in [0.5, 0.6) is 11.5 Å². The smallest absolute Gasteiger partial charge is 0.144 e. The third-order valence-corrected chi connectivity index (χ3v) is 2.90. The number of para-hydroxylation sites is 1. The van der Waals surface area contributed by atoms with Crippen LogP contribution in [0.2, 0.25) is 0 Å². The Balaban J connectivity index is 2.30. The summed E-state index contributed by atoms with van der Waals surface area (Å²) in [4.78, 5) is 4.00. The van der Waals surface area contributed by atoms with E-state index in [1.54, 1.807) is 12.4 Å². The Morgan fingerprint density at radius 3 is 2.75 bits per heavy atom. The van der Waals surface area contributed by atoms with Gasteiger partial charge in [0.05, 0.1) is 4.47 Å². The van der Waals surface area contributed by atoms with Gasteiger partial charge in [0.25, 0.3) is 0 Å². The number of aryl methyl sites for hydroxylation is 1. The summed E-state index contributed by atoms with van der Waals surface area (Å²) in [5, 5.41) is 0. The van der Waals surface area contributed by atoms with E-state index >= 15 is 0 Å². The zero-order valence-corrected chi connectivity index (χ0v) is 10.6. The first kappa shape index (κ1) is 11.1. The second kappa shape index (κ2) is 5.12. The maximum Gasteiger partial charge on any atom is 0.144 e. The molecule has 0 atom stereocenters. The fourth-order valence-electron chi connectivity index (χ4n) is 1.46. The molecule has 2 nitrogen and oxygen atoms in total. The van der Waals surface area contributed by atoms with Gasteiger partial charge in [-0.3, -0.25) is 4.98 Å². The first-order chi connectivity index (χ1) is 7.81. The van der Waals surface area contributed by atoms with Crippen molar-refractivity contribution >= 4 is 15.9 Å². The van der Waals surface area contributed by atoms with Crippen LogP contribution in [0.4, 0.5) is 0 Å². The number of pyridine rings is 1. The summed E-state index contributed by atoms with van der Waals surface area (Å²) in [5.74, 6) is 1.69. The summed E-state index contributed by atoms with van der Waals surface area (Å²) in [6, 6.07) is 9.89. The molecule has 1 heterocycles. The highest BCUT2D eigenvalue weighted by Gasteiger charge is 2.05. The third kappa shape index (κ3) is 2.42. The molecule has 0 aliphatic carbocycles. The van der Waals surface area contributed by atoms with Crippen LogP contribution >= 0.6 is 15.9 Å². The lowest BCUT2D eigenvalue weighted by molar-refractivity contribution is 0.473. The number of ether oxygens (including phenoxy) is 1. The lowest BCUT2D eigenvalue weighted by Gasteiger charge is -2.10. The molecular formula is C13H12BrNO. The number of halogens is 1. The SMILES string of the molecule is CCc1ccccc1Oc1ccncc1Br. The monoisotopic (exact) mass is 277 g/mol. The summed E-state index contributed by atoms with van der Waals surface area (Å²) < 4.78 is 6.71. The van der Waals surface area contributed by atoms with Crippen molar-refractivity contribution in [2.75, 3.05) is 0 Å². The molecule has 0 radical (unpaired) electrons. The summed E-state index contributed by atoms with van der Waals surface area (Å²) in [5.41, 5.74) is 1.20. The van der Waals surface area contributed by atoms with Crippen LogP contribution in [0.1, 0.15) is 12.5 Å². The van der Waals surface area contributed by atoms with Crippen molar-refractivity contribution < 1.29 is 4.74 Å². The number of benzene rings is 1. The minimum absolute atomic E-state index is 0.788. The number of nitrogens with zero attached hydrogens (tertiary/aromatic N) is 1. The van der Waals surface area contributed by atoms with Crippen molar-refractivity contribution in [2.45, 2.75) is 13.3 Å². The van der Waals surface area contributed by atoms with Gasteiger partial charge in [-0.2, -0.15) is 0 Å². The highest BCUT2D eigenvalue weighted by atomic mass is 79.9. The molecule has 2 aromatic rings. The van der Waals surface area contributed by atoms with E-state index in [0.717, 1.165) is 22.4 Å². The van der Waals surface area contributed by atoms with Crippen LogP contribution < -0.4 is 4.74 Å². The van der Waals surface area contributed by atoms with E-state index < -0.39 is 0 Å². The van der Waals surface area contributed by atoms with Crippen LogP contribution in [0.25, 0.3) is 0 Å². The quantitative estimate of drug-likeness (QED) is 0.839. The normalized spacial score (nSPS) is 10.1. The molecule has 2 rings (SSSR count). The van der Waals surface area contributed by atoms with Gasteiger partial charge in [-0.05, 0) is 34.0 Å². The van der Waals surface area contributed by atoms with Crippen molar-refractivity contribution in [1.29, 1.82) is 0 Å². The Morgan fingerprint density at radius 1 is 1.19 bits per heavy atom. The Kier molecular flexibility index (Phi) is 3.57. The number of hydrogen-bond acceptors (Lipinski definition) is 2. The van der Waals surface area contributed by atoms with Crippen LogP contribution in [-0.4, -0.2) is 4.98 Å². The molecule has 1 aromatic heterocycles. The molecule has 0 aliphatic rings. The van der Waals surface area contributed by atoms with E-state index in [1.807, 2.05) is 24.3 Å². The van der Waals surface area contributed by atoms with Crippen molar-refractivity contribution in [1.82, 2.24) is 4.98 Å². The predicted octanol–water partition coefficient (Wildman–Crippen LogP) is 4.20. The number of hydrogen-bond donors (Lipinski definition) is 0. The zero-order chi connectivity index (χ0) is 11.4. The fraction of sp³-hybridized carbons (Fsp3) is 0.154. The van der Waals surface area contributed by atoms with E-state index in [1.165, 1.54) is 5.56 Å². The molecule has 0 unspecified atom stereocenters. The van der Waals surface area contributed by atoms with E-state index in [2.05, 4.69) is 33.9 Å². The third-order valence-electron chi connectivity index (χ3n) is 2.31. The lowest BCUT2D eigenvalue weighted by Crippen LogP contribution is -1.90. The molecule has 0 saturated carbocycles. The van der Waals surface area contributed by atoms with Gasteiger partial charge in [-0.15, -0.1) is 0 Å². The van der Waals surface area contributed by atoms with Crippen molar-refractivity contribution in [3.8, 4) is 11.5 Å². The number of aromatic nitrogens is 1. The van der Waals surface area contributed by atoms with E-state index in [-0.39, 0.29) is 0 Å². The van der Waals surface area contributed by atoms with Gasteiger partial charge < -0.3 is 4.74 Å². The Morgan fingerprint density at radius 2 is 2.00 bits per heavy atom. The van der Waals surface area contributed by atoms with Gasteiger partial charge in [0.1, 0.15) is 11.5 Å². The Bertz CT molecular complexity index is 485. The second-order valence-corrected chi connectivity index (χ2v) is 4.22. The van der Waals surface area contributed by atoms with Crippen molar-refractivity contribution in [2.24, 2.45) is 0 Å². The van der Waals surface area contributed by atoms with Gasteiger partial charge in [-0.1, -0.05) is 25.1 Å². The summed E-state index contributed by atoms with van der Waals surface area (Å²) in [7, 11) is 0. The van der Waals surface area contributed by atoms with Gasteiger partial charge in [0.15, 0.2) is 0 Å². The molecule has 0 N–H and O–H groups in total. The van der Waals surface area contributed by atoms with Gasteiger partial charge in [0, 0.05) is 18.5 Å². The van der Waals surface area contributed by atoms with E-state index in [0.29, 0.717) is 0 Å². The van der Waals surface area contributed by atoms with Crippen LogP contribution in [0, 0.1) is 0 Å². The fourth-order valence-corrected chi connectivity index (χ4v) is 1.79. The summed E-state index contributed by atoms with van der Waals surface area (Å²) >= 11 is 3.41. The van der Waals surface area contributed by atoms with Gasteiger partial charge in [-0.25, -0.2) is 0 Å². The van der Waals surface area contributed by atoms with Crippen molar-refractivity contribution in [3.63, 3.8) is 0 Å². The molecule has 0 saturated heterocycles. The largest absolute Gasteiger partial charge is 0.456 e. The molecule has 3 heteroatoms. The molecule has 82 valence electrons. The topological polar surface area (TPSA) is 22.1 Å². The molecule has 16 heavy (non-hydrogen) atoms. The van der Waals surface area contributed by atoms with E-state index in [9.17, 15) is 0 Å². The lowest BCUT2D eigenvalue weighted by atomic mass is 10.1. The second-order valence-electron chi connectivity index (χ2n) is 3.37. The Hall–Kier alpha value is -1.35. The predicted molar refractivity (Wildman–Crippen MR) is 67.8 cm³/mol. The minimum Gasteiger partial charge on any atom is -0.456 e. The van der Waals surface area contributed by atoms with Crippen LogP contribution in [-0.2, 0) is 6.42 Å². The van der Waals surface area contributed by atoms with Crippen molar-refractivity contribution in [3.05, 3.63) is 52.8 Å². The first-order valence-corrected chi connectivity index (χ1v) is 5.96. The summed E-state index contributed by atoms with van der Waals surface area (Å²) in [6.45, 7) is 2.11. The van der Waals surface area contributed by atoms with E-state index in [4.69, 9.17) is 4.74 Å². The molecule has 0 aliphatic heterocycles. The highest BCUT2D eigenvalue weighted by molar-refractivity contribution is 9.10. The van der Waals surface area contributed by atoms with Gasteiger partial charge >= 0.3 is 0 Å². The summed E-state index contributed by atoms with van der Waals surface area (Å²) in [6.07, 6.45) is 4.40. The maximum atomic E-state index is 5.84. The maximum absolute atomic E-state index is 5.84. The Labute approximate surface area is 103 Å². The standard InChI is InChI=1S/C13H12BrNO/c1-2-10-5-3-4-6-12(10)16-13-7-8-15-9-11(13)14/h3-9H,2H2,1H3. The minimum atomic E-state index is 0.788. The molecular weight excluding hydrogens is 266 g/mol. The van der Waals surface area contributed by atoms with Gasteiger partial charge in [0.2, 0.25) is 0 Å². The highest BCUT2D eigenvalue weighted by Crippen LogP contribution is 2.30. The molecule has 0 bridgehead atoms. The molecule has 0 spiro atoms. The molecule has 0 fully saturated rings. The molecule has 1 aromatic carbocycles. The number of rotatable bonds is 3. The molecule has 0 amide bonds. The first-order valence-electron chi connectivity index (χ1n) is 5.16. The average Bonchev–Trinajstić information content (AvgIpc) is 2.33.